The van der Waals surface area contributed by atoms with Gasteiger partial charge in [-0.25, -0.2) is 0 Å². The predicted molar refractivity (Wildman–Crippen MR) is 235 cm³/mol. The second-order valence-electron chi connectivity index (χ2n) is 14.1. The molecule has 2 heterocycles. The third kappa shape index (κ3) is 5.32. The number of para-hydroxylation sites is 2. The first-order chi connectivity index (χ1) is 27.3. The van der Waals surface area contributed by atoms with E-state index in [1.165, 1.54) is 53.2 Å². The summed E-state index contributed by atoms with van der Waals surface area (Å²) in [5.41, 5.74) is 11.9. The lowest BCUT2D eigenvalue weighted by atomic mass is 9.92. The van der Waals surface area contributed by atoms with E-state index in [-0.39, 0.29) is 0 Å². The van der Waals surface area contributed by atoms with Gasteiger partial charge in [0.15, 0.2) is 5.58 Å². The van der Waals surface area contributed by atoms with Crippen LogP contribution in [-0.4, -0.2) is 0 Å². The molecule has 11 aromatic rings. The standard InChI is InChI=1S/C52H33NOS/c1-2-13-34(14-3-1)35-27-29-39(30-28-35)53(47-23-11-22-45-44-18-6-8-24-48(44)54-52(45)47)40-32-37(42-20-10-16-36-15-4-5-17-41(36)42)31-38(33-40)43-21-12-26-50-51(43)46-19-7-9-25-49(46)55-50/h1-33H. The molecule has 0 aliphatic carbocycles. The van der Waals surface area contributed by atoms with Crippen LogP contribution >= 0.6 is 11.3 Å². The molecule has 55 heavy (non-hydrogen) atoms. The van der Waals surface area contributed by atoms with Gasteiger partial charge in [0.1, 0.15) is 5.58 Å². The van der Waals surface area contributed by atoms with Crippen molar-refractivity contribution in [3.8, 4) is 33.4 Å². The van der Waals surface area contributed by atoms with Crippen LogP contribution in [0.25, 0.3) is 86.3 Å². The number of hydrogen-bond donors (Lipinski definition) is 0. The van der Waals surface area contributed by atoms with Crippen molar-refractivity contribution in [3.05, 3.63) is 200 Å². The summed E-state index contributed by atoms with van der Waals surface area (Å²) < 4.78 is 9.33. The number of fused-ring (bicyclic) bond motifs is 7. The van der Waals surface area contributed by atoms with Crippen molar-refractivity contribution < 1.29 is 4.42 Å². The highest BCUT2D eigenvalue weighted by Gasteiger charge is 2.22. The van der Waals surface area contributed by atoms with Gasteiger partial charge >= 0.3 is 0 Å². The Morgan fingerprint density at radius 3 is 1.87 bits per heavy atom. The van der Waals surface area contributed by atoms with Crippen molar-refractivity contribution in [1.29, 1.82) is 0 Å². The largest absolute Gasteiger partial charge is 0.454 e. The number of nitrogens with zero attached hydrogens (tertiary/aromatic N) is 1. The zero-order valence-corrected chi connectivity index (χ0v) is 30.6. The summed E-state index contributed by atoms with van der Waals surface area (Å²) in [7, 11) is 0. The Hall–Kier alpha value is -6.94. The first-order valence-electron chi connectivity index (χ1n) is 18.7. The Morgan fingerprint density at radius 2 is 1.00 bits per heavy atom. The molecule has 0 atom stereocenters. The minimum Gasteiger partial charge on any atom is -0.454 e. The molecular formula is C52H33NOS. The smallest absolute Gasteiger partial charge is 0.159 e. The van der Waals surface area contributed by atoms with E-state index in [1.807, 2.05) is 17.4 Å². The van der Waals surface area contributed by atoms with Crippen molar-refractivity contribution in [2.45, 2.75) is 0 Å². The summed E-state index contributed by atoms with van der Waals surface area (Å²) in [6, 6.07) is 72.3. The fraction of sp³-hybridized carbons (Fsp3) is 0. The van der Waals surface area contributed by atoms with E-state index in [0.717, 1.165) is 50.1 Å². The third-order valence-corrected chi connectivity index (χ3v) is 12.0. The van der Waals surface area contributed by atoms with Crippen LogP contribution in [0.4, 0.5) is 17.1 Å². The van der Waals surface area contributed by atoms with Crippen LogP contribution in [0, 0.1) is 0 Å². The second-order valence-corrected chi connectivity index (χ2v) is 15.2. The van der Waals surface area contributed by atoms with E-state index >= 15 is 0 Å². The lowest BCUT2D eigenvalue weighted by Gasteiger charge is -2.27. The van der Waals surface area contributed by atoms with Gasteiger partial charge < -0.3 is 9.32 Å². The van der Waals surface area contributed by atoms with Crippen molar-refractivity contribution in [1.82, 2.24) is 0 Å². The molecule has 0 aliphatic rings. The Bertz CT molecular complexity index is 3200. The van der Waals surface area contributed by atoms with E-state index in [2.05, 4.69) is 199 Å². The van der Waals surface area contributed by atoms with Gasteiger partial charge in [-0.3, -0.25) is 0 Å². The van der Waals surface area contributed by atoms with Crippen LogP contribution in [0.3, 0.4) is 0 Å². The van der Waals surface area contributed by atoms with Crippen LogP contribution in [0.2, 0.25) is 0 Å². The quantitative estimate of drug-likeness (QED) is 0.170. The minimum atomic E-state index is 0.860. The lowest BCUT2D eigenvalue weighted by molar-refractivity contribution is 0.669. The van der Waals surface area contributed by atoms with Crippen molar-refractivity contribution in [3.63, 3.8) is 0 Å². The Morgan fingerprint density at radius 1 is 0.382 bits per heavy atom. The van der Waals surface area contributed by atoms with Gasteiger partial charge in [-0.15, -0.1) is 11.3 Å². The average molecular weight is 720 g/mol. The van der Waals surface area contributed by atoms with Gasteiger partial charge in [0.25, 0.3) is 0 Å². The normalized spacial score (nSPS) is 11.6. The highest BCUT2D eigenvalue weighted by Crippen LogP contribution is 2.47. The summed E-state index contributed by atoms with van der Waals surface area (Å²) >= 11 is 1.86. The van der Waals surface area contributed by atoms with Gasteiger partial charge in [0.2, 0.25) is 0 Å². The van der Waals surface area contributed by atoms with Gasteiger partial charge in [-0.2, -0.15) is 0 Å². The first-order valence-corrected chi connectivity index (χ1v) is 19.5. The predicted octanol–water partition coefficient (Wildman–Crippen LogP) is 15.6. The maximum absolute atomic E-state index is 6.74. The summed E-state index contributed by atoms with van der Waals surface area (Å²) in [4.78, 5) is 2.38. The number of furan rings is 1. The van der Waals surface area contributed by atoms with Crippen molar-refractivity contribution >= 4 is 81.3 Å². The first kappa shape index (κ1) is 31.6. The molecule has 11 rings (SSSR count). The molecule has 2 nitrogen and oxygen atoms in total. The monoisotopic (exact) mass is 719 g/mol. The zero-order valence-electron chi connectivity index (χ0n) is 29.8. The molecule has 0 radical (unpaired) electrons. The van der Waals surface area contributed by atoms with Crippen molar-refractivity contribution in [2.24, 2.45) is 0 Å². The van der Waals surface area contributed by atoms with Gasteiger partial charge in [-0.1, -0.05) is 146 Å². The van der Waals surface area contributed by atoms with E-state index in [4.69, 9.17) is 4.42 Å². The van der Waals surface area contributed by atoms with Gasteiger partial charge in [-0.05, 0) is 98.8 Å². The molecule has 0 saturated carbocycles. The van der Waals surface area contributed by atoms with Crippen LogP contribution in [-0.2, 0) is 0 Å². The van der Waals surface area contributed by atoms with Gasteiger partial charge in [0, 0.05) is 42.3 Å². The molecule has 0 aliphatic heterocycles. The molecule has 0 saturated heterocycles. The third-order valence-electron chi connectivity index (χ3n) is 10.8. The topological polar surface area (TPSA) is 16.4 Å². The number of anilines is 3. The molecule has 0 spiro atoms. The van der Waals surface area contributed by atoms with Gasteiger partial charge in [0.05, 0.1) is 5.69 Å². The van der Waals surface area contributed by atoms with Crippen LogP contribution < -0.4 is 4.90 Å². The summed E-state index contributed by atoms with van der Waals surface area (Å²) in [5.74, 6) is 0. The summed E-state index contributed by atoms with van der Waals surface area (Å²) in [6.45, 7) is 0. The molecule has 258 valence electrons. The molecule has 2 aromatic heterocycles. The minimum absolute atomic E-state index is 0.860. The number of benzene rings is 9. The number of rotatable bonds is 6. The molecule has 0 bridgehead atoms. The summed E-state index contributed by atoms with van der Waals surface area (Å²) in [6.07, 6.45) is 0. The summed E-state index contributed by atoms with van der Waals surface area (Å²) in [5, 5.41) is 7.24. The highest BCUT2D eigenvalue weighted by molar-refractivity contribution is 7.25. The second kappa shape index (κ2) is 12.9. The molecule has 0 fully saturated rings. The molecule has 0 amide bonds. The fourth-order valence-electron chi connectivity index (χ4n) is 8.31. The Balaban J connectivity index is 1.21. The van der Waals surface area contributed by atoms with Crippen LogP contribution in [0.1, 0.15) is 0 Å². The van der Waals surface area contributed by atoms with Crippen LogP contribution in [0.15, 0.2) is 205 Å². The molecule has 0 unspecified atom stereocenters. The lowest BCUT2D eigenvalue weighted by Crippen LogP contribution is -2.10. The molecular weight excluding hydrogens is 687 g/mol. The molecule has 0 N–H and O–H groups in total. The van der Waals surface area contributed by atoms with E-state index in [1.54, 1.807) is 0 Å². The van der Waals surface area contributed by atoms with E-state index in [9.17, 15) is 0 Å². The van der Waals surface area contributed by atoms with E-state index in [0.29, 0.717) is 0 Å². The zero-order chi connectivity index (χ0) is 36.3. The molecule has 3 heteroatoms. The SMILES string of the molecule is c1ccc(-c2ccc(N(c3cc(-c4cccc5ccccc45)cc(-c4cccc5sc6ccccc6c45)c3)c3cccc4c3oc3ccccc34)cc2)cc1. The maximum atomic E-state index is 6.74. The fourth-order valence-corrected chi connectivity index (χ4v) is 9.44. The number of hydrogen-bond acceptors (Lipinski definition) is 3. The van der Waals surface area contributed by atoms with Crippen LogP contribution in [0.5, 0.6) is 0 Å². The van der Waals surface area contributed by atoms with E-state index < -0.39 is 0 Å². The Labute approximate surface area is 322 Å². The Kier molecular flexibility index (Phi) is 7.39. The number of thiophene rings is 1. The maximum Gasteiger partial charge on any atom is 0.159 e. The highest BCUT2D eigenvalue weighted by atomic mass is 32.1. The average Bonchev–Trinajstić information content (AvgIpc) is 3.83. The van der Waals surface area contributed by atoms with Crippen molar-refractivity contribution in [2.75, 3.05) is 4.90 Å². The molecule has 9 aromatic carbocycles.